The van der Waals surface area contributed by atoms with Crippen molar-refractivity contribution in [2.24, 2.45) is 5.73 Å². The van der Waals surface area contributed by atoms with Crippen molar-refractivity contribution >= 4 is 34.7 Å². The highest BCUT2D eigenvalue weighted by molar-refractivity contribution is 5.98. The van der Waals surface area contributed by atoms with Crippen LogP contribution in [-0.2, 0) is 11.3 Å². The average Bonchev–Trinajstić information content (AvgIpc) is 2.80. The number of anilines is 4. The monoisotopic (exact) mass is 451 g/mol. The second kappa shape index (κ2) is 9.64. The van der Waals surface area contributed by atoms with E-state index in [0.29, 0.717) is 24.5 Å². The van der Waals surface area contributed by atoms with Gasteiger partial charge in [-0.05, 0) is 49.2 Å². The maximum atomic E-state index is 13.9. The maximum absolute atomic E-state index is 13.9. The average molecular weight is 451 g/mol. The number of pyridine rings is 1. The molecule has 1 aliphatic heterocycles. The number of carbonyl (C=O) groups excluding carboxylic acids is 2. The van der Waals surface area contributed by atoms with Crippen molar-refractivity contribution in [3.8, 4) is 0 Å². The van der Waals surface area contributed by atoms with Crippen LogP contribution in [0.3, 0.4) is 0 Å². The molecule has 2 heterocycles. The van der Waals surface area contributed by atoms with Crippen LogP contribution in [0.1, 0.15) is 35.2 Å². The van der Waals surface area contributed by atoms with E-state index < -0.39 is 17.5 Å². The Hall–Kier alpha value is -4.01. The number of nitrogens with zero attached hydrogens (tertiary/aromatic N) is 2. The number of aromatic nitrogens is 1. The van der Waals surface area contributed by atoms with Crippen LogP contribution in [0.25, 0.3) is 0 Å². The summed E-state index contributed by atoms with van der Waals surface area (Å²) in [6.45, 7) is 0.528. The van der Waals surface area contributed by atoms with Gasteiger partial charge in [0.15, 0.2) is 0 Å². The van der Waals surface area contributed by atoms with Crippen LogP contribution >= 0.6 is 0 Å². The largest absolute Gasteiger partial charge is 0.380 e. The highest BCUT2D eigenvalue weighted by Crippen LogP contribution is 2.26. The molecule has 4 rings (SSSR count). The first kappa shape index (κ1) is 22.2. The van der Waals surface area contributed by atoms with Gasteiger partial charge in [-0.15, -0.1) is 0 Å². The minimum Gasteiger partial charge on any atom is -0.380 e. The van der Waals surface area contributed by atoms with Crippen molar-refractivity contribution in [1.82, 2.24) is 4.98 Å². The number of rotatable bonds is 7. The van der Waals surface area contributed by atoms with E-state index in [-0.39, 0.29) is 29.3 Å². The summed E-state index contributed by atoms with van der Waals surface area (Å²) in [5, 5.41) is 5.99. The lowest BCUT2D eigenvalue weighted by Crippen LogP contribution is -2.35. The Bertz CT molecular complexity index is 1160. The molecule has 9 heteroatoms. The number of hydrogen-bond donors (Lipinski definition) is 3. The van der Waals surface area contributed by atoms with Crippen LogP contribution in [0.5, 0.6) is 0 Å². The van der Waals surface area contributed by atoms with Gasteiger partial charge in [-0.2, -0.15) is 0 Å². The van der Waals surface area contributed by atoms with Crippen molar-refractivity contribution in [2.75, 3.05) is 22.1 Å². The number of hydrogen-bond acceptors (Lipinski definition) is 5. The molecule has 0 saturated carbocycles. The first-order valence-electron chi connectivity index (χ1n) is 10.6. The van der Waals surface area contributed by atoms with Gasteiger partial charge >= 0.3 is 0 Å². The number of nitrogens with two attached hydrogens (primary N) is 1. The lowest BCUT2D eigenvalue weighted by molar-refractivity contribution is -0.119. The first-order chi connectivity index (χ1) is 15.9. The standard InChI is InChI=1S/C24H23F2N5O2/c25-19-4-3-5-20(26)17(19)13-28-21-12-22(29-14-18(21)24(27)33)30-15-7-9-16(10-8-15)31-11-2-1-6-23(31)32/h3-5,7-10,12,14H,1-2,6,11,13H2,(H2,27,33)(H2,28,29,30). The molecular weight excluding hydrogens is 428 g/mol. The zero-order chi connectivity index (χ0) is 23.4. The highest BCUT2D eigenvalue weighted by atomic mass is 19.1. The van der Waals surface area contributed by atoms with Crippen LogP contribution in [-0.4, -0.2) is 23.3 Å². The first-order valence-corrected chi connectivity index (χ1v) is 10.6. The third kappa shape index (κ3) is 5.08. The van der Waals surface area contributed by atoms with Crippen molar-refractivity contribution < 1.29 is 18.4 Å². The van der Waals surface area contributed by atoms with E-state index in [4.69, 9.17) is 5.73 Å². The van der Waals surface area contributed by atoms with Crippen molar-refractivity contribution in [2.45, 2.75) is 25.8 Å². The van der Waals surface area contributed by atoms with E-state index in [9.17, 15) is 18.4 Å². The lowest BCUT2D eigenvalue weighted by Gasteiger charge is -2.26. The van der Waals surface area contributed by atoms with Crippen LogP contribution in [0.4, 0.5) is 31.7 Å². The van der Waals surface area contributed by atoms with E-state index in [1.165, 1.54) is 12.3 Å². The Morgan fingerprint density at radius 1 is 1.09 bits per heavy atom. The molecule has 2 aromatic carbocycles. The summed E-state index contributed by atoms with van der Waals surface area (Å²) in [5.74, 6) is -1.59. The number of carbonyl (C=O) groups is 2. The van der Waals surface area contributed by atoms with Gasteiger partial charge < -0.3 is 21.3 Å². The predicted octanol–water partition coefficient (Wildman–Crippen LogP) is 4.33. The molecule has 0 aliphatic carbocycles. The summed E-state index contributed by atoms with van der Waals surface area (Å²) in [5.41, 5.74) is 7.20. The van der Waals surface area contributed by atoms with E-state index in [1.54, 1.807) is 11.0 Å². The molecule has 0 radical (unpaired) electrons. The minimum absolute atomic E-state index is 0.0938. The number of halogens is 2. The van der Waals surface area contributed by atoms with Gasteiger partial charge in [-0.3, -0.25) is 9.59 Å². The topological polar surface area (TPSA) is 100 Å². The molecular formula is C24H23F2N5O2. The van der Waals surface area contributed by atoms with Crippen molar-refractivity contribution in [3.05, 3.63) is 77.5 Å². The molecule has 7 nitrogen and oxygen atoms in total. The summed E-state index contributed by atoms with van der Waals surface area (Å²) < 4.78 is 27.9. The summed E-state index contributed by atoms with van der Waals surface area (Å²) >= 11 is 0. The molecule has 3 aromatic rings. The van der Waals surface area contributed by atoms with Gasteiger partial charge in [0.25, 0.3) is 5.91 Å². The smallest absolute Gasteiger partial charge is 0.252 e. The lowest BCUT2D eigenvalue weighted by atomic mass is 10.1. The molecule has 1 aromatic heterocycles. The number of benzene rings is 2. The van der Waals surface area contributed by atoms with E-state index in [0.717, 1.165) is 30.7 Å². The van der Waals surface area contributed by atoms with E-state index >= 15 is 0 Å². The quantitative estimate of drug-likeness (QED) is 0.496. The Morgan fingerprint density at radius 2 is 1.82 bits per heavy atom. The van der Waals surface area contributed by atoms with Gasteiger partial charge in [0.1, 0.15) is 17.5 Å². The Kier molecular flexibility index (Phi) is 6.48. The molecule has 0 bridgehead atoms. The minimum atomic E-state index is -0.721. The summed E-state index contributed by atoms with van der Waals surface area (Å²) in [7, 11) is 0. The number of amides is 2. The molecule has 33 heavy (non-hydrogen) atoms. The second-order valence-corrected chi connectivity index (χ2v) is 7.71. The Labute approximate surface area is 189 Å². The van der Waals surface area contributed by atoms with Gasteiger partial charge in [-0.25, -0.2) is 13.8 Å². The van der Waals surface area contributed by atoms with Crippen molar-refractivity contribution in [1.29, 1.82) is 0 Å². The second-order valence-electron chi connectivity index (χ2n) is 7.71. The summed E-state index contributed by atoms with van der Waals surface area (Å²) in [6, 6.07) is 12.5. The molecule has 4 N–H and O–H groups in total. The Morgan fingerprint density at radius 3 is 2.48 bits per heavy atom. The number of nitrogens with one attached hydrogen (secondary N) is 2. The van der Waals surface area contributed by atoms with Crippen LogP contribution in [0.2, 0.25) is 0 Å². The molecule has 0 atom stereocenters. The molecule has 1 fully saturated rings. The Balaban J connectivity index is 1.51. The van der Waals surface area contributed by atoms with Crippen LogP contribution in [0.15, 0.2) is 54.7 Å². The third-order valence-electron chi connectivity index (χ3n) is 5.46. The van der Waals surface area contributed by atoms with Crippen molar-refractivity contribution in [3.63, 3.8) is 0 Å². The SMILES string of the molecule is NC(=O)c1cnc(Nc2ccc(N3CCCCC3=O)cc2)cc1NCc1c(F)cccc1F. The third-order valence-corrected chi connectivity index (χ3v) is 5.46. The maximum Gasteiger partial charge on any atom is 0.252 e. The fourth-order valence-corrected chi connectivity index (χ4v) is 3.70. The zero-order valence-corrected chi connectivity index (χ0v) is 17.8. The molecule has 0 unspecified atom stereocenters. The normalized spacial score (nSPS) is 13.6. The van der Waals surface area contributed by atoms with E-state index in [1.807, 2.05) is 24.3 Å². The van der Waals surface area contributed by atoms with Gasteiger partial charge in [0, 0.05) is 48.7 Å². The molecule has 2 amide bonds. The predicted molar refractivity (Wildman–Crippen MR) is 122 cm³/mol. The van der Waals surface area contributed by atoms with Crippen LogP contribution < -0.4 is 21.3 Å². The number of piperidine rings is 1. The molecule has 0 spiro atoms. The summed E-state index contributed by atoms with van der Waals surface area (Å²) in [6.07, 6.45) is 3.75. The molecule has 1 aliphatic rings. The number of primary amides is 1. The highest BCUT2D eigenvalue weighted by Gasteiger charge is 2.19. The van der Waals surface area contributed by atoms with Gasteiger partial charge in [0.2, 0.25) is 5.91 Å². The van der Waals surface area contributed by atoms with E-state index in [2.05, 4.69) is 15.6 Å². The fraction of sp³-hybridized carbons (Fsp3) is 0.208. The summed E-state index contributed by atoms with van der Waals surface area (Å²) in [4.78, 5) is 29.9. The van der Waals surface area contributed by atoms with Crippen LogP contribution in [0, 0.1) is 11.6 Å². The van der Waals surface area contributed by atoms with Gasteiger partial charge in [-0.1, -0.05) is 6.07 Å². The molecule has 1 saturated heterocycles. The van der Waals surface area contributed by atoms with Gasteiger partial charge in [0.05, 0.1) is 11.3 Å². The zero-order valence-electron chi connectivity index (χ0n) is 17.8. The molecule has 170 valence electrons. The fourth-order valence-electron chi connectivity index (χ4n) is 3.70.